The molecule has 1 amide bonds. The third-order valence-corrected chi connectivity index (χ3v) is 2.63. The Morgan fingerprint density at radius 1 is 1.28 bits per heavy atom. The predicted molar refractivity (Wildman–Crippen MR) is 72.3 cm³/mol. The number of halogens is 1. The summed E-state index contributed by atoms with van der Waals surface area (Å²) >= 11 is 5.79. The highest BCUT2D eigenvalue weighted by atomic mass is 35.5. The van der Waals surface area contributed by atoms with Crippen LogP contribution in [0, 0.1) is 0 Å². The second-order valence-corrected chi connectivity index (χ2v) is 4.11. The summed E-state index contributed by atoms with van der Waals surface area (Å²) < 4.78 is 0. The van der Waals surface area contributed by atoms with Crippen molar-refractivity contribution in [3.05, 3.63) is 40.9 Å². The summed E-state index contributed by atoms with van der Waals surface area (Å²) in [6.45, 7) is 0. The molecule has 1 aromatic carbocycles. The molecule has 1 aromatic rings. The first kappa shape index (κ1) is 12.5. The van der Waals surface area contributed by atoms with Crippen molar-refractivity contribution in [3.63, 3.8) is 0 Å². The molecule has 0 saturated carbocycles. The van der Waals surface area contributed by atoms with Crippen LogP contribution in [0.1, 0.15) is 12.0 Å². The van der Waals surface area contributed by atoms with Gasteiger partial charge in [0.1, 0.15) is 5.71 Å². The third-order valence-electron chi connectivity index (χ3n) is 2.38. The molecule has 1 aliphatic heterocycles. The van der Waals surface area contributed by atoms with Crippen LogP contribution in [0.15, 0.2) is 40.5 Å². The van der Waals surface area contributed by atoms with Crippen molar-refractivity contribution in [1.82, 2.24) is 5.43 Å². The molecule has 0 saturated heterocycles. The van der Waals surface area contributed by atoms with Crippen LogP contribution in [-0.2, 0) is 4.79 Å². The number of nitrogens with two attached hydrogens (primary N) is 1. The molecule has 0 unspecified atom stereocenters. The maximum atomic E-state index is 11.2. The van der Waals surface area contributed by atoms with Crippen LogP contribution >= 0.6 is 11.6 Å². The highest BCUT2D eigenvalue weighted by Gasteiger charge is 2.16. The molecule has 6 heteroatoms. The molecule has 0 spiro atoms. The van der Waals surface area contributed by atoms with Crippen molar-refractivity contribution in [1.29, 1.82) is 0 Å². The molecule has 0 atom stereocenters. The Morgan fingerprint density at radius 3 is 2.67 bits per heavy atom. The number of benzene rings is 1. The minimum absolute atomic E-state index is 0.313. The van der Waals surface area contributed by atoms with E-state index in [0.717, 1.165) is 5.56 Å². The Kier molecular flexibility index (Phi) is 3.86. The molecule has 2 rings (SSSR count). The van der Waals surface area contributed by atoms with Gasteiger partial charge in [0.15, 0.2) is 0 Å². The van der Waals surface area contributed by atoms with E-state index >= 15 is 0 Å². The molecular weight excluding hydrogens is 252 g/mol. The van der Waals surface area contributed by atoms with E-state index in [0.29, 0.717) is 22.9 Å². The highest BCUT2D eigenvalue weighted by Crippen LogP contribution is 2.12. The molecule has 18 heavy (non-hydrogen) atoms. The largest absolute Gasteiger partial charge is 0.289 e. The lowest BCUT2D eigenvalue weighted by molar-refractivity contribution is -0.114. The zero-order valence-electron chi connectivity index (χ0n) is 9.43. The summed E-state index contributed by atoms with van der Waals surface area (Å²) in [5.74, 6) is 4.61. The van der Waals surface area contributed by atoms with E-state index in [1.54, 1.807) is 0 Å². The summed E-state index contributed by atoms with van der Waals surface area (Å²) in [4.78, 5) is 11.2. The molecule has 1 heterocycles. The number of rotatable bonds is 3. The van der Waals surface area contributed by atoms with Gasteiger partial charge in [-0.3, -0.25) is 10.2 Å². The van der Waals surface area contributed by atoms with E-state index in [2.05, 4.69) is 10.2 Å². The van der Waals surface area contributed by atoms with Crippen LogP contribution in [0.25, 0.3) is 6.08 Å². The van der Waals surface area contributed by atoms with Crippen LogP contribution in [0.4, 0.5) is 0 Å². The first-order valence-corrected chi connectivity index (χ1v) is 5.65. The molecular formula is C12H11ClN4O. The fourth-order valence-corrected chi connectivity index (χ4v) is 1.56. The van der Waals surface area contributed by atoms with E-state index in [1.165, 1.54) is 0 Å². The molecule has 5 nitrogen and oxygen atoms in total. The van der Waals surface area contributed by atoms with Gasteiger partial charge in [0.2, 0.25) is 0 Å². The molecule has 3 N–H and O–H groups in total. The van der Waals surface area contributed by atoms with Crippen molar-refractivity contribution in [3.8, 4) is 0 Å². The Bertz CT molecular complexity index is 546. The van der Waals surface area contributed by atoms with Gasteiger partial charge in [0.05, 0.1) is 5.71 Å². The second-order valence-electron chi connectivity index (χ2n) is 3.67. The quantitative estimate of drug-likeness (QED) is 0.492. The van der Waals surface area contributed by atoms with Gasteiger partial charge in [0, 0.05) is 11.4 Å². The van der Waals surface area contributed by atoms with Gasteiger partial charge in [-0.1, -0.05) is 29.8 Å². The van der Waals surface area contributed by atoms with Crippen molar-refractivity contribution < 1.29 is 4.79 Å². The second kappa shape index (κ2) is 5.57. The Labute approximate surface area is 109 Å². The van der Waals surface area contributed by atoms with Crippen LogP contribution in [0.3, 0.4) is 0 Å². The summed E-state index contributed by atoms with van der Waals surface area (Å²) in [7, 11) is 0. The van der Waals surface area contributed by atoms with E-state index < -0.39 is 5.91 Å². The monoisotopic (exact) mass is 262 g/mol. The zero-order valence-corrected chi connectivity index (χ0v) is 10.2. The van der Waals surface area contributed by atoms with Crippen molar-refractivity contribution in [2.45, 2.75) is 6.42 Å². The van der Waals surface area contributed by atoms with Gasteiger partial charge in [0.25, 0.3) is 5.91 Å². The smallest absolute Gasteiger partial charge is 0.281 e. The number of nitrogens with one attached hydrogen (secondary N) is 1. The van der Waals surface area contributed by atoms with E-state index in [4.69, 9.17) is 17.4 Å². The summed E-state index contributed by atoms with van der Waals surface area (Å²) in [5.41, 5.74) is 4.05. The molecule has 0 aromatic heterocycles. The van der Waals surface area contributed by atoms with Crippen molar-refractivity contribution in [2.75, 3.05) is 0 Å². The number of hydrogen-bond acceptors (Lipinski definition) is 4. The van der Waals surface area contributed by atoms with E-state index in [-0.39, 0.29) is 0 Å². The number of amides is 1. The average Bonchev–Trinajstić information content (AvgIpc) is 2.86. The Hall–Kier alpha value is -1.98. The van der Waals surface area contributed by atoms with Crippen LogP contribution < -0.4 is 11.3 Å². The van der Waals surface area contributed by atoms with Crippen molar-refractivity contribution in [2.24, 2.45) is 16.0 Å². The van der Waals surface area contributed by atoms with Gasteiger partial charge in [-0.25, -0.2) is 5.84 Å². The maximum Gasteiger partial charge on any atom is 0.281 e. The number of hydrogen-bond donors (Lipinski definition) is 2. The SMILES string of the molecule is NNC(=O)C1=NN=C(/C=C/c2ccc(Cl)cc2)C1. The first-order chi connectivity index (χ1) is 8.69. The number of allylic oxidation sites excluding steroid dienone is 1. The zero-order chi connectivity index (χ0) is 13.0. The van der Waals surface area contributed by atoms with E-state index in [1.807, 2.05) is 41.8 Å². The van der Waals surface area contributed by atoms with Gasteiger partial charge < -0.3 is 0 Å². The van der Waals surface area contributed by atoms with Gasteiger partial charge in [-0.05, 0) is 23.8 Å². The third kappa shape index (κ3) is 3.03. The number of nitrogens with zero attached hydrogens (tertiary/aromatic N) is 2. The molecule has 1 aliphatic rings. The molecule has 0 bridgehead atoms. The molecule has 0 fully saturated rings. The minimum atomic E-state index is -0.409. The van der Waals surface area contributed by atoms with Crippen LogP contribution in [0.2, 0.25) is 5.02 Å². The van der Waals surface area contributed by atoms with Gasteiger partial charge in [-0.2, -0.15) is 5.10 Å². The summed E-state index contributed by atoms with van der Waals surface area (Å²) in [6.07, 6.45) is 4.07. The lowest BCUT2D eigenvalue weighted by Gasteiger charge is -1.96. The predicted octanol–water partition coefficient (Wildman–Crippen LogP) is 1.54. The molecule has 0 radical (unpaired) electrons. The lowest BCUT2D eigenvalue weighted by atomic mass is 10.1. The molecule has 92 valence electrons. The molecule has 0 aliphatic carbocycles. The summed E-state index contributed by atoms with van der Waals surface area (Å²) in [5, 5.41) is 8.34. The fraction of sp³-hybridized carbons (Fsp3) is 0.0833. The van der Waals surface area contributed by atoms with E-state index in [9.17, 15) is 4.79 Å². The van der Waals surface area contributed by atoms with Crippen LogP contribution in [-0.4, -0.2) is 17.3 Å². The maximum absolute atomic E-state index is 11.2. The van der Waals surface area contributed by atoms with Gasteiger partial charge in [-0.15, -0.1) is 5.10 Å². The Balaban J connectivity index is 1.97. The summed E-state index contributed by atoms with van der Waals surface area (Å²) in [6, 6.07) is 7.40. The Morgan fingerprint density at radius 2 is 2.00 bits per heavy atom. The number of carbonyl (C=O) groups excluding carboxylic acids is 1. The van der Waals surface area contributed by atoms with Gasteiger partial charge >= 0.3 is 0 Å². The number of carbonyl (C=O) groups is 1. The van der Waals surface area contributed by atoms with Crippen LogP contribution in [0.5, 0.6) is 0 Å². The minimum Gasteiger partial charge on any atom is -0.289 e. The topological polar surface area (TPSA) is 79.8 Å². The fourth-order valence-electron chi connectivity index (χ4n) is 1.43. The first-order valence-electron chi connectivity index (χ1n) is 5.27. The lowest BCUT2D eigenvalue weighted by Crippen LogP contribution is -2.36. The highest BCUT2D eigenvalue weighted by molar-refractivity contribution is 6.44. The standard InChI is InChI=1S/C12H11ClN4O/c13-9-4-1-8(2-5-9)3-6-10-7-11(17-16-10)12(18)15-14/h1-6H,7,14H2,(H,15,18)/b6-3+. The van der Waals surface area contributed by atoms with Crippen molar-refractivity contribution >= 4 is 35.0 Å². The number of hydrazine groups is 1. The average molecular weight is 263 g/mol. The normalized spacial score (nSPS) is 14.6.